The van der Waals surface area contributed by atoms with Crippen LogP contribution in [0.5, 0.6) is 0 Å². The smallest absolute Gasteiger partial charge is 0.278 e. The minimum Gasteiger partial charge on any atom is -0.395 e. The summed E-state index contributed by atoms with van der Waals surface area (Å²) in [6, 6.07) is 4.13. The number of rotatable bonds is 3. The normalized spacial score (nSPS) is 10.5. The van der Waals surface area contributed by atoms with Crippen molar-refractivity contribution >= 4 is 28.9 Å². The van der Waals surface area contributed by atoms with Gasteiger partial charge in [-0.2, -0.15) is 5.10 Å². The summed E-state index contributed by atoms with van der Waals surface area (Å²) in [6.07, 6.45) is 0.618. The Morgan fingerprint density at radius 3 is 2.89 bits per heavy atom. The van der Waals surface area contributed by atoms with Crippen molar-refractivity contribution in [1.29, 1.82) is 0 Å². The second-order valence-corrected chi connectivity index (χ2v) is 4.28. The number of benzene rings is 1. The van der Waals surface area contributed by atoms with Crippen LogP contribution in [0.1, 0.15) is 23.1 Å². The summed E-state index contributed by atoms with van der Waals surface area (Å²) in [4.78, 5) is 12.0. The number of aryl methyl sites for hydroxylation is 1. The molecule has 0 radical (unpaired) electrons. The van der Waals surface area contributed by atoms with Gasteiger partial charge in [0, 0.05) is 0 Å². The number of nitrogen functional groups attached to an aromatic ring is 1. The average Bonchev–Trinajstić information content (AvgIpc) is 2.75. The number of anilines is 2. The maximum atomic E-state index is 13.5. The molecule has 0 spiro atoms. The van der Waals surface area contributed by atoms with Gasteiger partial charge in [0.15, 0.2) is 5.69 Å². The van der Waals surface area contributed by atoms with Crippen LogP contribution in [-0.4, -0.2) is 16.1 Å². The third-order valence-corrected chi connectivity index (χ3v) is 2.97. The van der Waals surface area contributed by atoms with E-state index in [1.807, 2.05) is 6.92 Å². The Morgan fingerprint density at radius 1 is 1.58 bits per heavy atom. The molecule has 0 aliphatic heterocycles. The molecule has 0 unspecified atom stereocenters. The maximum Gasteiger partial charge on any atom is 0.278 e. The van der Waals surface area contributed by atoms with Crippen LogP contribution in [0.25, 0.3) is 0 Å². The molecule has 0 atom stereocenters. The van der Waals surface area contributed by atoms with Gasteiger partial charge < -0.3 is 11.1 Å². The first-order valence-electron chi connectivity index (χ1n) is 5.62. The van der Waals surface area contributed by atoms with E-state index in [9.17, 15) is 9.18 Å². The van der Waals surface area contributed by atoms with Gasteiger partial charge >= 0.3 is 0 Å². The van der Waals surface area contributed by atoms with Crippen molar-refractivity contribution in [2.45, 2.75) is 13.3 Å². The van der Waals surface area contributed by atoms with Gasteiger partial charge in [-0.1, -0.05) is 24.6 Å². The number of hydrogen-bond donors (Lipinski definition) is 3. The standard InChI is InChI=1S/C12H12ClFN4O/c1-2-8-9(15)11(18-17-8)12(19)16-10-6(13)4-3-5-7(10)14/h3-5H,2,15H2,1H3,(H,16,19)(H,17,18). The van der Waals surface area contributed by atoms with E-state index in [-0.39, 0.29) is 22.1 Å². The van der Waals surface area contributed by atoms with Gasteiger partial charge in [0.25, 0.3) is 5.91 Å². The lowest BCUT2D eigenvalue weighted by atomic mass is 10.2. The number of para-hydroxylation sites is 1. The van der Waals surface area contributed by atoms with Crippen molar-refractivity contribution < 1.29 is 9.18 Å². The number of nitrogens with zero attached hydrogens (tertiary/aromatic N) is 1. The highest BCUT2D eigenvalue weighted by molar-refractivity contribution is 6.34. The van der Waals surface area contributed by atoms with Gasteiger partial charge in [-0.25, -0.2) is 4.39 Å². The molecule has 1 heterocycles. The fourth-order valence-electron chi connectivity index (χ4n) is 1.62. The van der Waals surface area contributed by atoms with Crippen LogP contribution in [0.2, 0.25) is 5.02 Å². The van der Waals surface area contributed by atoms with Crippen LogP contribution < -0.4 is 11.1 Å². The lowest BCUT2D eigenvalue weighted by Crippen LogP contribution is -2.15. The second kappa shape index (κ2) is 5.27. The fraction of sp³-hybridized carbons (Fsp3) is 0.167. The van der Waals surface area contributed by atoms with Crippen molar-refractivity contribution in [3.63, 3.8) is 0 Å². The molecule has 2 aromatic rings. The van der Waals surface area contributed by atoms with E-state index in [0.29, 0.717) is 12.1 Å². The van der Waals surface area contributed by atoms with E-state index >= 15 is 0 Å². The van der Waals surface area contributed by atoms with E-state index < -0.39 is 11.7 Å². The lowest BCUT2D eigenvalue weighted by molar-refractivity contribution is 0.102. The molecule has 1 amide bonds. The van der Waals surface area contributed by atoms with Crippen LogP contribution in [0.15, 0.2) is 18.2 Å². The monoisotopic (exact) mass is 282 g/mol. The second-order valence-electron chi connectivity index (χ2n) is 3.87. The lowest BCUT2D eigenvalue weighted by Gasteiger charge is -2.07. The van der Waals surface area contributed by atoms with Gasteiger partial charge in [0.2, 0.25) is 0 Å². The fourth-order valence-corrected chi connectivity index (χ4v) is 1.83. The highest BCUT2D eigenvalue weighted by Crippen LogP contribution is 2.25. The largest absolute Gasteiger partial charge is 0.395 e. The molecule has 1 aromatic carbocycles. The zero-order valence-electron chi connectivity index (χ0n) is 10.1. The summed E-state index contributed by atoms with van der Waals surface area (Å²) in [5.74, 6) is -1.23. The van der Waals surface area contributed by atoms with Crippen molar-refractivity contribution in [2.24, 2.45) is 0 Å². The number of nitrogens with one attached hydrogen (secondary N) is 2. The summed E-state index contributed by atoms with van der Waals surface area (Å²) in [5, 5.41) is 8.95. The van der Waals surface area contributed by atoms with Crippen molar-refractivity contribution in [2.75, 3.05) is 11.1 Å². The molecule has 19 heavy (non-hydrogen) atoms. The molecule has 7 heteroatoms. The molecule has 0 fully saturated rings. The topological polar surface area (TPSA) is 83.8 Å². The third kappa shape index (κ3) is 2.53. The number of hydrogen-bond acceptors (Lipinski definition) is 3. The van der Waals surface area contributed by atoms with Crippen LogP contribution in [0, 0.1) is 5.82 Å². The minimum absolute atomic E-state index is 0.0242. The highest BCUT2D eigenvalue weighted by Gasteiger charge is 2.18. The van der Waals surface area contributed by atoms with Crippen LogP contribution in [0.4, 0.5) is 15.8 Å². The quantitative estimate of drug-likeness (QED) is 0.809. The number of aromatic amines is 1. The average molecular weight is 283 g/mol. The molecule has 0 saturated carbocycles. The van der Waals surface area contributed by atoms with Gasteiger partial charge in [-0.3, -0.25) is 9.89 Å². The molecule has 0 bridgehead atoms. The molecular weight excluding hydrogens is 271 g/mol. The predicted molar refractivity (Wildman–Crippen MR) is 71.7 cm³/mol. The Kier molecular flexibility index (Phi) is 3.71. The van der Waals surface area contributed by atoms with Crippen LogP contribution >= 0.6 is 11.6 Å². The Hall–Kier alpha value is -2.08. The number of nitrogens with two attached hydrogens (primary N) is 1. The number of H-pyrrole nitrogens is 1. The van der Waals surface area contributed by atoms with E-state index in [4.69, 9.17) is 17.3 Å². The number of amides is 1. The van der Waals surface area contributed by atoms with Crippen molar-refractivity contribution in [1.82, 2.24) is 10.2 Å². The van der Waals surface area contributed by atoms with Crippen LogP contribution in [-0.2, 0) is 6.42 Å². The van der Waals surface area contributed by atoms with Crippen molar-refractivity contribution in [3.05, 3.63) is 40.4 Å². The maximum absolute atomic E-state index is 13.5. The van der Waals surface area contributed by atoms with E-state index in [0.717, 1.165) is 0 Å². The number of halogens is 2. The molecular formula is C12H12ClFN4O. The van der Waals surface area contributed by atoms with E-state index in [1.165, 1.54) is 18.2 Å². The molecule has 0 saturated heterocycles. The van der Waals surface area contributed by atoms with E-state index in [2.05, 4.69) is 15.5 Å². The Balaban J connectivity index is 2.28. The first-order chi connectivity index (χ1) is 9.04. The summed E-state index contributed by atoms with van der Waals surface area (Å²) in [5.41, 5.74) is 6.61. The summed E-state index contributed by atoms with van der Waals surface area (Å²) >= 11 is 5.82. The van der Waals surface area contributed by atoms with Crippen molar-refractivity contribution in [3.8, 4) is 0 Å². The highest BCUT2D eigenvalue weighted by atomic mass is 35.5. The first kappa shape index (κ1) is 13.4. The summed E-state index contributed by atoms with van der Waals surface area (Å²) < 4.78 is 13.5. The Labute approximate surface area is 114 Å². The number of carbonyl (C=O) groups is 1. The molecule has 1 aromatic heterocycles. The predicted octanol–water partition coefficient (Wildman–Crippen LogP) is 2.60. The minimum atomic E-state index is -0.620. The van der Waals surface area contributed by atoms with Gasteiger partial charge in [-0.15, -0.1) is 0 Å². The van der Waals surface area contributed by atoms with Crippen LogP contribution in [0.3, 0.4) is 0 Å². The molecule has 0 aliphatic rings. The van der Waals surface area contributed by atoms with E-state index in [1.54, 1.807) is 0 Å². The third-order valence-electron chi connectivity index (χ3n) is 2.65. The number of carbonyl (C=O) groups excluding carboxylic acids is 1. The SMILES string of the molecule is CCc1[nH]nc(C(=O)Nc2c(F)cccc2Cl)c1N. The number of aromatic nitrogens is 2. The molecule has 0 aliphatic carbocycles. The Bertz CT molecular complexity index is 606. The molecule has 2 rings (SSSR count). The molecule has 5 nitrogen and oxygen atoms in total. The zero-order valence-corrected chi connectivity index (χ0v) is 10.9. The Morgan fingerprint density at radius 2 is 2.32 bits per heavy atom. The first-order valence-corrected chi connectivity index (χ1v) is 6.00. The van der Waals surface area contributed by atoms with Gasteiger partial charge in [0.1, 0.15) is 5.82 Å². The summed E-state index contributed by atoms with van der Waals surface area (Å²) in [7, 11) is 0. The summed E-state index contributed by atoms with van der Waals surface area (Å²) in [6.45, 7) is 1.87. The molecule has 4 N–H and O–H groups in total. The van der Waals surface area contributed by atoms with Gasteiger partial charge in [0.05, 0.1) is 22.1 Å². The zero-order chi connectivity index (χ0) is 14.0. The molecule has 100 valence electrons. The van der Waals surface area contributed by atoms with Gasteiger partial charge in [-0.05, 0) is 18.6 Å².